The maximum absolute atomic E-state index is 12.7. The number of fused-ring (bicyclic) bond motifs is 4. The second-order valence-electron chi connectivity index (χ2n) is 10.5. The van der Waals surface area contributed by atoms with Crippen LogP contribution >= 0.6 is 0 Å². The molecule has 2 fully saturated rings. The zero-order valence-electron chi connectivity index (χ0n) is 19.5. The number of carbonyl (C=O) groups excluding carboxylic acids is 2. The molecule has 2 aromatic carbocycles. The molecule has 0 spiro atoms. The number of carboxylic acid groups (broad SMARTS) is 1. The quantitative estimate of drug-likeness (QED) is 0.654. The monoisotopic (exact) mass is 462 g/mol. The Morgan fingerprint density at radius 1 is 1.00 bits per heavy atom. The molecule has 2 amide bonds. The first-order valence-corrected chi connectivity index (χ1v) is 11.8. The van der Waals surface area contributed by atoms with Gasteiger partial charge >= 0.3 is 12.1 Å². The van der Waals surface area contributed by atoms with Crippen molar-refractivity contribution in [3.8, 4) is 11.1 Å². The third kappa shape index (κ3) is 4.15. The summed E-state index contributed by atoms with van der Waals surface area (Å²) in [7, 11) is 0. The number of hydrogen-bond acceptors (Lipinski definition) is 4. The zero-order chi connectivity index (χ0) is 24.0. The van der Waals surface area contributed by atoms with Crippen molar-refractivity contribution in [1.82, 2.24) is 10.2 Å². The Bertz CT molecular complexity index is 1090. The summed E-state index contributed by atoms with van der Waals surface area (Å²) >= 11 is 0. The fraction of sp³-hybridized carbons (Fsp3) is 0.444. The Morgan fingerprint density at radius 3 is 2.12 bits per heavy atom. The van der Waals surface area contributed by atoms with E-state index in [-0.39, 0.29) is 42.6 Å². The molecule has 3 atom stereocenters. The number of carbonyl (C=O) groups is 3. The molecular formula is C27H30N2O5. The summed E-state index contributed by atoms with van der Waals surface area (Å²) in [5.41, 5.74) is 4.25. The minimum Gasteiger partial charge on any atom is -0.481 e. The predicted octanol–water partition coefficient (Wildman–Crippen LogP) is 3.73. The number of aliphatic carboxylic acids is 1. The molecule has 1 aliphatic heterocycles. The molecule has 1 heterocycles. The van der Waals surface area contributed by atoms with Crippen LogP contribution in [0.3, 0.4) is 0 Å². The van der Waals surface area contributed by atoms with Gasteiger partial charge in [-0.15, -0.1) is 0 Å². The van der Waals surface area contributed by atoms with Crippen LogP contribution in [0.4, 0.5) is 4.79 Å². The van der Waals surface area contributed by atoms with Crippen LogP contribution in [0.1, 0.15) is 37.3 Å². The molecule has 2 N–H and O–H groups in total. The van der Waals surface area contributed by atoms with E-state index in [2.05, 4.69) is 29.6 Å². The molecule has 1 saturated carbocycles. The van der Waals surface area contributed by atoms with E-state index in [1.807, 2.05) is 38.1 Å². The Balaban J connectivity index is 1.11. The van der Waals surface area contributed by atoms with Crippen LogP contribution < -0.4 is 5.32 Å². The molecule has 0 radical (unpaired) electrons. The average Bonchev–Trinajstić information content (AvgIpc) is 3.16. The van der Waals surface area contributed by atoms with Crippen LogP contribution in [0.5, 0.6) is 0 Å². The van der Waals surface area contributed by atoms with E-state index >= 15 is 0 Å². The molecule has 3 aliphatic rings. The lowest BCUT2D eigenvalue weighted by molar-refractivity contribution is -0.141. The minimum absolute atomic E-state index is 0.00367. The summed E-state index contributed by atoms with van der Waals surface area (Å²) in [5, 5.41) is 12.0. The van der Waals surface area contributed by atoms with Crippen molar-refractivity contribution >= 4 is 18.0 Å². The third-order valence-electron chi connectivity index (χ3n) is 7.52. The van der Waals surface area contributed by atoms with Crippen LogP contribution in [0.2, 0.25) is 0 Å². The van der Waals surface area contributed by atoms with Crippen molar-refractivity contribution in [2.45, 2.75) is 26.2 Å². The zero-order valence-corrected chi connectivity index (χ0v) is 19.5. The molecule has 5 rings (SSSR count). The van der Waals surface area contributed by atoms with E-state index in [4.69, 9.17) is 9.84 Å². The number of carboxylic acids is 1. The molecule has 1 unspecified atom stereocenters. The number of hydrogen-bond donors (Lipinski definition) is 2. The Labute approximate surface area is 199 Å². The van der Waals surface area contributed by atoms with Crippen molar-refractivity contribution in [3.05, 3.63) is 59.7 Å². The van der Waals surface area contributed by atoms with Crippen LogP contribution in [0, 0.1) is 23.2 Å². The van der Waals surface area contributed by atoms with Gasteiger partial charge in [0, 0.05) is 32.0 Å². The highest BCUT2D eigenvalue weighted by molar-refractivity contribution is 5.80. The molecule has 2 aromatic rings. The fourth-order valence-electron chi connectivity index (χ4n) is 5.64. The highest BCUT2D eigenvalue weighted by Crippen LogP contribution is 2.52. The van der Waals surface area contributed by atoms with E-state index in [9.17, 15) is 14.4 Å². The summed E-state index contributed by atoms with van der Waals surface area (Å²) < 4.78 is 5.59. The van der Waals surface area contributed by atoms with Gasteiger partial charge in [0.1, 0.15) is 6.61 Å². The molecule has 178 valence electrons. The van der Waals surface area contributed by atoms with E-state index in [1.54, 1.807) is 4.90 Å². The van der Waals surface area contributed by atoms with Gasteiger partial charge in [0.15, 0.2) is 0 Å². The lowest BCUT2D eigenvalue weighted by Gasteiger charge is -2.28. The van der Waals surface area contributed by atoms with E-state index in [0.717, 1.165) is 11.1 Å². The summed E-state index contributed by atoms with van der Waals surface area (Å²) in [6.45, 7) is 5.48. The van der Waals surface area contributed by atoms with E-state index in [1.165, 1.54) is 11.1 Å². The molecule has 0 bridgehead atoms. The summed E-state index contributed by atoms with van der Waals surface area (Å²) in [4.78, 5) is 38.1. The highest BCUT2D eigenvalue weighted by atomic mass is 16.5. The van der Waals surface area contributed by atoms with Crippen molar-refractivity contribution < 1.29 is 24.2 Å². The number of benzene rings is 2. The standard InChI is InChI=1S/C27H30N2O5/c1-27(2,11-23(30)29-12-20-21(13-29)24(20)25(31)32)15-28-26(33)34-14-22-18-9-5-3-7-16(18)17-8-4-6-10-19(17)22/h3-10,20-22,24H,11-15H2,1-2H3,(H,28,33)(H,31,32)/t20-,21+,24?. The van der Waals surface area contributed by atoms with E-state index < -0.39 is 17.5 Å². The van der Waals surface area contributed by atoms with Crippen molar-refractivity contribution in [2.24, 2.45) is 23.2 Å². The number of amides is 2. The first-order valence-electron chi connectivity index (χ1n) is 11.8. The average molecular weight is 463 g/mol. The van der Waals surface area contributed by atoms with Gasteiger partial charge in [-0.3, -0.25) is 9.59 Å². The lowest BCUT2D eigenvalue weighted by Crippen LogP contribution is -2.40. The number of rotatable bonds is 7. The normalized spacial score (nSPS) is 22.5. The van der Waals surface area contributed by atoms with Gasteiger partial charge in [0.05, 0.1) is 5.92 Å². The van der Waals surface area contributed by atoms with Gasteiger partial charge in [-0.2, -0.15) is 0 Å². The fourth-order valence-corrected chi connectivity index (χ4v) is 5.64. The first kappa shape index (κ1) is 22.4. The molecule has 7 heteroatoms. The van der Waals surface area contributed by atoms with Crippen LogP contribution in [-0.4, -0.2) is 54.2 Å². The maximum Gasteiger partial charge on any atom is 0.407 e. The first-order chi connectivity index (χ1) is 16.2. The van der Waals surface area contributed by atoms with Gasteiger partial charge < -0.3 is 20.1 Å². The Hall–Kier alpha value is -3.35. The number of piperidine rings is 1. The maximum atomic E-state index is 12.7. The molecule has 2 aliphatic carbocycles. The second-order valence-corrected chi connectivity index (χ2v) is 10.5. The molecular weight excluding hydrogens is 432 g/mol. The van der Waals surface area contributed by atoms with Crippen LogP contribution in [-0.2, 0) is 14.3 Å². The van der Waals surface area contributed by atoms with Crippen LogP contribution in [0.15, 0.2) is 48.5 Å². The number of nitrogens with zero attached hydrogens (tertiary/aromatic N) is 1. The number of ether oxygens (including phenoxy) is 1. The SMILES string of the molecule is CC(C)(CNC(=O)OCC1c2ccccc2-c2ccccc21)CC(=O)N1C[C@@H]2C(C(=O)O)[C@@H]2C1. The van der Waals surface area contributed by atoms with Gasteiger partial charge in [0.2, 0.25) is 5.91 Å². The topological polar surface area (TPSA) is 95.9 Å². The predicted molar refractivity (Wildman–Crippen MR) is 126 cm³/mol. The smallest absolute Gasteiger partial charge is 0.407 e. The highest BCUT2D eigenvalue weighted by Gasteiger charge is 2.60. The molecule has 0 aromatic heterocycles. The number of alkyl carbamates (subject to hydrolysis) is 1. The molecule has 1 saturated heterocycles. The number of nitrogens with one attached hydrogen (secondary N) is 1. The molecule has 7 nitrogen and oxygen atoms in total. The molecule has 34 heavy (non-hydrogen) atoms. The van der Waals surface area contributed by atoms with Gasteiger partial charge in [-0.25, -0.2) is 4.79 Å². The van der Waals surface area contributed by atoms with E-state index in [0.29, 0.717) is 19.6 Å². The largest absolute Gasteiger partial charge is 0.481 e. The Kier molecular flexibility index (Phi) is 5.58. The Morgan fingerprint density at radius 2 is 1.56 bits per heavy atom. The van der Waals surface area contributed by atoms with Crippen molar-refractivity contribution in [1.29, 1.82) is 0 Å². The summed E-state index contributed by atoms with van der Waals surface area (Å²) in [6, 6.07) is 16.4. The van der Waals surface area contributed by atoms with Crippen molar-refractivity contribution in [2.75, 3.05) is 26.2 Å². The van der Waals surface area contributed by atoms with Gasteiger partial charge in [-0.05, 0) is 39.5 Å². The second kappa shape index (κ2) is 8.46. The lowest BCUT2D eigenvalue weighted by atomic mass is 9.88. The van der Waals surface area contributed by atoms with Gasteiger partial charge in [0.25, 0.3) is 0 Å². The number of likely N-dealkylation sites (tertiary alicyclic amines) is 1. The van der Waals surface area contributed by atoms with Gasteiger partial charge in [-0.1, -0.05) is 62.4 Å². The van der Waals surface area contributed by atoms with Crippen LogP contribution in [0.25, 0.3) is 11.1 Å². The van der Waals surface area contributed by atoms with Crippen molar-refractivity contribution in [3.63, 3.8) is 0 Å². The summed E-state index contributed by atoms with van der Waals surface area (Å²) in [6.07, 6.45) is -0.206. The summed E-state index contributed by atoms with van der Waals surface area (Å²) in [5.74, 6) is -0.825. The minimum atomic E-state index is -0.755. The third-order valence-corrected chi connectivity index (χ3v) is 7.52.